The van der Waals surface area contributed by atoms with Gasteiger partial charge in [0.25, 0.3) is 0 Å². The van der Waals surface area contributed by atoms with Crippen LogP contribution >= 0.6 is 22.9 Å². The van der Waals surface area contributed by atoms with Crippen LogP contribution in [0.15, 0.2) is 35.8 Å². The lowest BCUT2D eigenvalue weighted by Gasteiger charge is -2.37. The van der Waals surface area contributed by atoms with Crippen LogP contribution in [-0.4, -0.2) is 10.2 Å². The maximum Gasteiger partial charge on any atom is 0.227 e. The quantitative estimate of drug-likeness (QED) is 0.393. The van der Waals surface area contributed by atoms with Crippen LogP contribution in [0, 0.1) is 5.41 Å². The molecule has 134 valence electrons. The predicted molar refractivity (Wildman–Crippen MR) is 106 cm³/mol. The third-order valence-electron chi connectivity index (χ3n) is 5.63. The molecule has 25 heavy (non-hydrogen) atoms. The molecule has 2 heterocycles. The van der Waals surface area contributed by atoms with Gasteiger partial charge >= 0.3 is 0 Å². The minimum atomic E-state index is -0.288. The molecule has 1 aliphatic rings. The zero-order chi connectivity index (χ0) is 17.7. The molecule has 3 rings (SSSR count). The van der Waals surface area contributed by atoms with Gasteiger partial charge in [0, 0.05) is 33.7 Å². The van der Waals surface area contributed by atoms with Gasteiger partial charge in [-0.3, -0.25) is 9.78 Å². The van der Waals surface area contributed by atoms with Crippen LogP contribution in [0.1, 0.15) is 69.9 Å². The van der Waals surface area contributed by atoms with Crippen LogP contribution in [0.25, 0.3) is 10.4 Å². The number of hydrogen-bond donors (Lipinski definition) is 0. The molecule has 0 spiro atoms. The lowest BCUT2D eigenvalue weighted by atomic mass is 9.68. The van der Waals surface area contributed by atoms with E-state index in [0.29, 0.717) is 5.92 Å². The Labute approximate surface area is 159 Å². The van der Waals surface area contributed by atoms with Crippen molar-refractivity contribution < 1.29 is 4.79 Å². The largest absolute Gasteiger partial charge is 0.281 e. The Balaban J connectivity index is 1.63. The second-order valence-electron chi connectivity index (χ2n) is 7.23. The zero-order valence-electron chi connectivity index (χ0n) is 14.8. The summed E-state index contributed by atoms with van der Waals surface area (Å²) in [7, 11) is 0. The Hall–Kier alpha value is -1.19. The summed E-state index contributed by atoms with van der Waals surface area (Å²) < 4.78 is 0. The van der Waals surface area contributed by atoms with Crippen molar-refractivity contribution in [2.24, 2.45) is 5.41 Å². The highest BCUT2D eigenvalue weighted by atomic mass is 35.5. The van der Waals surface area contributed by atoms with E-state index < -0.39 is 0 Å². The second kappa shape index (κ2) is 8.46. The summed E-state index contributed by atoms with van der Waals surface area (Å²) in [6, 6.07) is 8.52. The van der Waals surface area contributed by atoms with Gasteiger partial charge in [0.05, 0.1) is 0 Å². The fraction of sp³-hybridized carbons (Fsp3) is 0.524. The van der Waals surface area contributed by atoms with Gasteiger partial charge in [-0.05, 0) is 61.2 Å². The predicted octanol–water partition coefficient (Wildman–Crippen LogP) is 6.80. The van der Waals surface area contributed by atoms with E-state index in [1.807, 2.05) is 6.20 Å². The van der Waals surface area contributed by atoms with E-state index in [1.54, 1.807) is 11.3 Å². The highest BCUT2D eigenvalue weighted by Crippen LogP contribution is 2.47. The normalized spacial score (nSPS) is 23.5. The summed E-state index contributed by atoms with van der Waals surface area (Å²) in [5.41, 5.74) is 2.05. The van der Waals surface area contributed by atoms with Gasteiger partial charge in [-0.15, -0.1) is 11.3 Å². The molecule has 0 N–H and O–H groups in total. The molecular weight excluding hydrogens is 350 g/mol. The van der Waals surface area contributed by atoms with Gasteiger partial charge in [-0.25, -0.2) is 0 Å². The number of thiophene rings is 1. The highest BCUT2D eigenvalue weighted by Gasteiger charge is 2.40. The SMILES string of the molecule is CCCCC[C@]1(C(=O)Cl)CC[C@@H](c2ccc(-c3cccs3)cn2)CC1. The molecule has 1 aliphatic carbocycles. The Morgan fingerprint density at radius 2 is 2.08 bits per heavy atom. The molecule has 2 aromatic rings. The van der Waals surface area contributed by atoms with E-state index in [-0.39, 0.29) is 10.7 Å². The third kappa shape index (κ3) is 4.32. The Bertz CT molecular complexity index is 672. The van der Waals surface area contributed by atoms with Gasteiger partial charge in [0.1, 0.15) is 0 Å². The lowest BCUT2D eigenvalue weighted by Crippen LogP contribution is -2.32. The molecule has 0 saturated heterocycles. The van der Waals surface area contributed by atoms with Crippen molar-refractivity contribution in [2.75, 3.05) is 0 Å². The van der Waals surface area contributed by atoms with Crippen molar-refractivity contribution >= 4 is 28.2 Å². The molecule has 1 fully saturated rings. The molecule has 0 atom stereocenters. The number of unbranched alkanes of at least 4 members (excludes halogenated alkanes) is 2. The summed E-state index contributed by atoms with van der Waals surface area (Å²) in [5, 5.41) is 1.97. The molecule has 0 aromatic carbocycles. The molecule has 0 bridgehead atoms. The molecular formula is C21H26ClNOS. The van der Waals surface area contributed by atoms with E-state index >= 15 is 0 Å². The molecule has 0 amide bonds. The monoisotopic (exact) mass is 375 g/mol. The van der Waals surface area contributed by atoms with Crippen LogP contribution in [-0.2, 0) is 4.79 Å². The van der Waals surface area contributed by atoms with Crippen LogP contribution in [0.5, 0.6) is 0 Å². The number of aromatic nitrogens is 1. The number of nitrogens with zero attached hydrogens (tertiary/aromatic N) is 1. The zero-order valence-corrected chi connectivity index (χ0v) is 16.4. The van der Waals surface area contributed by atoms with Crippen molar-refractivity contribution in [1.82, 2.24) is 4.98 Å². The van der Waals surface area contributed by atoms with Crippen molar-refractivity contribution in [3.05, 3.63) is 41.5 Å². The topological polar surface area (TPSA) is 30.0 Å². The van der Waals surface area contributed by atoms with Crippen LogP contribution in [0.3, 0.4) is 0 Å². The van der Waals surface area contributed by atoms with Crippen LogP contribution < -0.4 is 0 Å². The standard InChI is InChI=1S/C21H26ClNOS/c1-2-3-4-11-21(20(22)24)12-9-16(10-13-21)18-8-7-17(15-23-18)19-6-5-14-25-19/h5-8,14-16H,2-4,9-13H2,1H3/t16-,21+. The molecule has 4 heteroatoms. The first-order valence-electron chi connectivity index (χ1n) is 9.34. The first-order chi connectivity index (χ1) is 12.1. The molecule has 0 radical (unpaired) electrons. The smallest absolute Gasteiger partial charge is 0.227 e. The van der Waals surface area contributed by atoms with E-state index in [4.69, 9.17) is 16.6 Å². The fourth-order valence-corrected chi connectivity index (χ4v) is 4.96. The van der Waals surface area contributed by atoms with Crippen molar-refractivity contribution in [3.8, 4) is 10.4 Å². The Morgan fingerprint density at radius 3 is 2.64 bits per heavy atom. The summed E-state index contributed by atoms with van der Waals surface area (Å²) in [4.78, 5) is 18.1. The van der Waals surface area contributed by atoms with Crippen LogP contribution in [0.2, 0.25) is 0 Å². The Kier molecular flexibility index (Phi) is 6.29. The van der Waals surface area contributed by atoms with Gasteiger partial charge in [0.15, 0.2) is 0 Å². The van der Waals surface area contributed by atoms with Gasteiger partial charge in [0.2, 0.25) is 5.24 Å². The number of rotatable bonds is 7. The minimum Gasteiger partial charge on any atom is -0.281 e. The van der Waals surface area contributed by atoms with Gasteiger partial charge in [-0.1, -0.05) is 38.3 Å². The molecule has 2 aromatic heterocycles. The summed E-state index contributed by atoms with van der Waals surface area (Å²) in [6.45, 7) is 2.19. The highest BCUT2D eigenvalue weighted by molar-refractivity contribution is 7.13. The molecule has 0 aliphatic heterocycles. The number of carbonyl (C=O) groups is 1. The number of halogens is 1. The van der Waals surface area contributed by atoms with E-state index in [2.05, 4.69) is 36.6 Å². The van der Waals surface area contributed by atoms with Crippen LogP contribution in [0.4, 0.5) is 0 Å². The summed E-state index contributed by atoms with van der Waals surface area (Å²) in [6.07, 6.45) is 10.2. The van der Waals surface area contributed by atoms with Crippen molar-refractivity contribution in [1.29, 1.82) is 0 Å². The van der Waals surface area contributed by atoms with E-state index in [1.165, 1.54) is 23.3 Å². The summed E-state index contributed by atoms with van der Waals surface area (Å²) in [5.74, 6) is 0.452. The number of pyridine rings is 1. The maximum atomic E-state index is 12.1. The number of carbonyl (C=O) groups excluding carboxylic acids is 1. The summed E-state index contributed by atoms with van der Waals surface area (Å²) >= 11 is 7.75. The van der Waals surface area contributed by atoms with Gasteiger partial charge < -0.3 is 0 Å². The lowest BCUT2D eigenvalue weighted by molar-refractivity contribution is -0.123. The minimum absolute atomic E-state index is 0.122. The Morgan fingerprint density at radius 1 is 1.28 bits per heavy atom. The molecule has 2 nitrogen and oxygen atoms in total. The molecule has 1 saturated carbocycles. The fourth-order valence-electron chi connectivity index (χ4n) is 3.96. The van der Waals surface area contributed by atoms with Crippen molar-refractivity contribution in [3.63, 3.8) is 0 Å². The van der Waals surface area contributed by atoms with E-state index in [9.17, 15) is 4.79 Å². The first kappa shape index (κ1) is 18.6. The average Bonchev–Trinajstić information content (AvgIpc) is 3.17. The second-order valence-corrected chi connectivity index (χ2v) is 8.53. The first-order valence-corrected chi connectivity index (χ1v) is 10.6. The molecule has 0 unspecified atom stereocenters. The van der Waals surface area contributed by atoms with E-state index in [0.717, 1.165) is 44.2 Å². The van der Waals surface area contributed by atoms with Crippen molar-refractivity contribution in [2.45, 2.75) is 64.2 Å². The third-order valence-corrected chi connectivity index (χ3v) is 6.95. The van der Waals surface area contributed by atoms with Gasteiger partial charge in [-0.2, -0.15) is 0 Å². The maximum absolute atomic E-state index is 12.1. The average molecular weight is 376 g/mol. The number of hydrogen-bond acceptors (Lipinski definition) is 3.